The van der Waals surface area contributed by atoms with Crippen LogP contribution in [0.1, 0.15) is 38.4 Å². The third-order valence-electron chi connectivity index (χ3n) is 5.00. The number of para-hydroxylation sites is 1. The van der Waals surface area contributed by atoms with E-state index in [0.717, 1.165) is 27.7 Å². The molecule has 162 valence electrons. The van der Waals surface area contributed by atoms with Crippen molar-refractivity contribution in [2.24, 2.45) is 0 Å². The summed E-state index contributed by atoms with van der Waals surface area (Å²) in [6.45, 7) is 4.12. The summed E-state index contributed by atoms with van der Waals surface area (Å²) in [5.74, 6) is -1.43. The Bertz CT molecular complexity index is 1060. The van der Waals surface area contributed by atoms with Crippen LogP contribution in [0.3, 0.4) is 0 Å². The Morgan fingerprint density at radius 1 is 1.06 bits per heavy atom. The van der Waals surface area contributed by atoms with Crippen molar-refractivity contribution in [3.05, 3.63) is 66.1 Å². The van der Waals surface area contributed by atoms with E-state index in [-0.39, 0.29) is 77.4 Å². The quantitative estimate of drug-likeness (QED) is 0.452. The number of aliphatic carboxylic acids is 1. The van der Waals surface area contributed by atoms with Crippen LogP contribution in [0.5, 0.6) is 0 Å². The molecule has 2 aromatic carbocycles. The molecule has 0 spiro atoms. The summed E-state index contributed by atoms with van der Waals surface area (Å²) in [5.41, 5.74) is 3.65. The number of halogens is 1. The monoisotopic (exact) mass is 459 g/mol. The zero-order valence-electron chi connectivity index (χ0n) is 17.0. The number of carbonyl (C=O) groups is 1. The number of hydrogen-bond acceptors (Lipinski definition) is 3. The predicted molar refractivity (Wildman–Crippen MR) is 130 cm³/mol. The molecule has 0 fully saturated rings. The van der Waals surface area contributed by atoms with E-state index >= 15 is 0 Å². The van der Waals surface area contributed by atoms with Gasteiger partial charge in [0.2, 0.25) is 0 Å². The summed E-state index contributed by atoms with van der Waals surface area (Å²) in [4.78, 5) is 10.7. The van der Waals surface area contributed by atoms with Crippen molar-refractivity contribution in [1.29, 1.82) is 0 Å². The van der Waals surface area contributed by atoms with Gasteiger partial charge in [0, 0.05) is 34.6 Å². The fourth-order valence-electron chi connectivity index (χ4n) is 3.77. The molecular weight excluding hydrogens is 431 g/mol. The number of aliphatic hydroxyl groups is 2. The molecule has 8 heteroatoms. The maximum atomic E-state index is 13.5. The Labute approximate surface area is 231 Å². The molecule has 0 aliphatic heterocycles. The van der Waals surface area contributed by atoms with Crippen LogP contribution in [0.15, 0.2) is 54.6 Å². The van der Waals surface area contributed by atoms with Crippen LogP contribution in [0.25, 0.3) is 28.1 Å². The first-order valence-corrected chi connectivity index (χ1v) is 9.93. The number of carboxylic acids is 1. The van der Waals surface area contributed by atoms with E-state index in [9.17, 15) is 19.4 Å². The van der Waals surface area contributed by atoms with Gasteiger partial charge < -0.3 is 19.9 Å². The Hall–Kier alpha value is -0.960. The number of fused-ring (bicyclic) bond motifs is 1. The van der Waals surface area contributed by atoms with Crippen molar-refractivity contribution in [3.63, 3.8) is 0 Å². The molecule has 1 heterocycles. The first-order chi connectivity index (χ1) is 14.3. The average Bonchev–Trinajstić information content (AvgIpc) is 3.00. The first kappa shape index (κ1) is 29.1. The van der Waals surface area contributed by atoms with Gasteiger partial charge in [-0.15, -0.1) is 0 Å². The topological polar surface area (TPSA) is 82.7 Å². The minimum atomic E-state index is -1.13. The second-order valence-electron chi connectivity index (χ2n) is 7.66. The molecule has 32 heavy (non-hydrogen) atoms. The number of benzene rings is 2. The number of hydrogen-bond donors (Lipinski definition) is 3. The molecule has 3 aromatic rings. The van der Waals surface area contributed by atoms with E-state index < -0.39 is 24.6 Å². The Kier molecular flexibility index (Phi) is 11.9. The second kappa shape index (κ2) is 13.1. The molecule has 0 aliphatic carbocycles. The molecule has 0 saturated heterocycles. The number of aliphatic hydroxyl groups excluding tert-OH is 2. The van der Waals surface area contributed by atoms with E-state index in [4.69, 9.17) is 5.11 Å². The van der Waals surface area contributed by atoms with Crippen LogP contribution in [-0.2, 0) is 4.79 Å². The summed E-state index contributed by atoms with van der Waals surface area (Å²) < 4.78 is 15.6. The summed E-state index contributed by atoms with van der Waals surface area (Å²) >= 11 is 0. The van der Waals surface area contributed by atoms with E-state index in [0.29, 0.717) is 0 Å². The van der Waals surface area contributed by atoms with Gasteiger partial charge in [-0.3, -0.25) is 4.79 Å². The molecule has 0 bridgehead atoms. The number of rotatable bonds is 8. The molecule has 2 unspecified atom stereocenters. The van der Waals surface area contributed by atoms with Crippen molar-refractivity contribution in [2.75, 3.05) is 0 Å². The molecular formula is C24H28FNNa2O4. The van der Waals surface area contributed by atoms with Gasteiger partial charge in [0.25, 0.3) is 0 Å². The van der Waals surface area contributed by atoms with Crippen LogP contribution >= 0.6 is 0 Å². The molecule has 0 amide bonds. The molecule has 2 atom stereocenters. The molecule has 3 N–H and O–H groups in total. The van der Waals surface area contributed by atoms with Gasteiger partial charge in [-0.05, 0) is 43.7 Å². The number of carboxylic acid groups (broad SMARTS) is 1. The Morgan fingerprint density at radius 2 is 1.69 bits per heavy atom. The first-order valence-electron chi connectivity index (χ1n) is 9.93. The van der Waals surface area contributed by atoms with Gasteiger partial charge in [0.1, 0.15) is 5.82 Å². The standard InChI is InChI=1S/C24H26FNO4.2Na.2H/c1-15(2)26-21-6-4-3-5-20(21)24(16-7-9-17(25)10-8-16)22(26)12-11-18(27)13-19(28)14-23(29)30;;;;/h3-12,15,18-19,27-28H,13-14H2,1-2H3,(H,29,30);;;;/b12-11+;;;;. The zero-order chi connectivity index (χ0) is 21.8. The average molecular weight is 459 g/mol. The van der Waals surface area contributed by atoms with Crippen molar-refractivity contribution < 1.29 is 24.5 Å². The van der Waals surface area contributed by atoms with Gasteiger partial charge in [-0.25, -0.2) is 4.39 Å². The molecule has 0 radical (unpaired) electrons. The van der Waals surface area contributed by atoms with E-state index in [1.165, 1.54) is 12.1 Å². The number of nitrogens with zero attached hydrogens (tertiary/aromatic N) is 1. The number of aromatic nitrogens is 1. The van der Waals surface area contributed by atoms with Crippen LogP contribution in [-0.4, -0.2) is 97.2 Å². The van der Waals surface area contributed by atoms with Gasteiger partial charge >= 0.3 is 65.1 Å². The van der Waals surface area contributed by atoms with E-state index in [1.54, 1.807) is 24.3 Å². The van der Waals surface area contributed by atoms with Crippen LogP contribution < -0.4 is 0 Å². The third-order valence-corrected chi connectivity index (χ3v) is 5.00. The summed E-state index contributed by atoms with van der Waals surface area (Å²) in [7, 11) is 0. The molecule has 0 aliphatic rings. The fraction of sp³-hybridized carbons (Fsp3) is 0.292. The van der Waals surface area contributed by atoms with Crippen LogP contribution in [0.4, 0.5) is 4.39 Å². The van der Waals surface area contributed by atoms with Crippen molar-refractivity contribution >= 4 is 82.1 Å². The Balaban J connectivity index is 0.00000256. The fourth-order valence-corrected chi connectivity index (χ4v) is 3.77. The van der Waals surface area contributed by atoms with Gasteiger partial charge in [0.05, 0.1) is 18.6 Å². The maximum absolute atomic E-state index is 13.5. The minimum absolute atomic E-state index is 0. The normalized spacial score (nSPS) is 13.1. The van der Waals surface area contributed by atoms with Gasteiger partial charge in [0.15, 0.2) is 0 Å². The third kappa shape index (κ3) is 7.02. The molecule has 1 aromatic heterocycles. The van der Waals surface area contributed by atoms with Crippen LogP contribution in [0, 0.1) is 5.82 Å². The van der Waals surface area contributed by atoms with E-state index in [2.05, 4.69) is 18.4 Å². The van der Waals surface area contributed by atoms with Crippen LogP contribution in [0.2, 0.25) is 0 Å². The summed E-state index contributed by atoms with van der Waals surface area (Å²) in [6.07, 6.45) is 0.727. The van der Waals surface area contributed by atoms with Crippen molar-refractivity contribution in [3.8, 4) is 11.1 Å². The summed E-state index contributed by atoms with van der Waals surface area (Å²) in [6, 6.07) is 14.4. The van der Waals surface area contributed by atoms with E-state index in [1.807, 2.05) is 24.3 Å². The zero-order valence-corrected chi connectivity index (χ0v) is 17.0. The van der Waals surface area contributed by atoms with Gasteiger partial charge in [-0.2, -0.15) is 0 Å². The molecule has 5 nitrogen and oxygen atoms in total. The SMILES string of the molecule is CC(C)n1c(/C=C/C(O)CC(O)CC(=O)O)c(-c2ccc(F)cc2)c2ccccc21.[NaH].[NaH]. The van der Waals surface area contributed by atoms with Crippen molar-refractivity contribution in [1.82, 2.24) is 4.57 Å². The molecule has 0 saturated carbocycles. The predicted octanol–water partition coefficient (Wildman–Crippen LogP) is 3.33. The second-order valence-corrected chi connectivity index (χ2v) is 7.66. The Morgan fingerprint density at radius 3 is 2.28 bits per heavy atom. The van der Waals surface area contributed by atoms with Crippen molar-refractivity contribution in [2.45, 2.75) is 44.9 Å². The molecule has 3 rings (SSSR count). The summed E-state index contributed by atoms with van der Waals surface area (Å²) in [5, 5.41) is 29.9. The van der Waals surface area contributed by atoms with Gasteiger partial charge in [-0.1, -0.05) is 36.4 Å².